The van der Waals surface area contributed by atoms with Crippen LogP contribution in [0.15, 0.2) is 28.8 Å². The normalized spacial score (nSPS) is 21.8. The van der Waals surface area contributed by atoms with E-state index >= 15 is 0 Å². The zero-order valence-corrected chi connectivity index (χ0v) is 12.4. The molecule has 1 aromatic heterocycles. The van der Waals surface area contributed by atoms with Gasteiger partial charge in [0, 0.05) is 18.2 Å². The van der Waals surface area contributed by atoms with Gasteiger partial charge in [-0.1, -0.05) is 35.0 Å². The minimum Gasteiger partial charge on any atom is -0.361 e. The number of nitrogens with one attached hydrogen (secondary N) is 1. The zero-order valence-electron chi connectivity index (χ0n) is 12.4. The standard InChI is InChI=1S/C17H22N2O/c1-11-4-6-14(7-5-11)15-8-16(9-15)18-10-17-12(2)19-20-13(17)3/h4-7,15-16,18H,8-10H2,1-3H3. The topological polar surface area (TPSA) is 38.1 Å². The summed E-state index contributed by atoms with van der Waals surface area (Å²) < 4.78 is 5.19. The molecule has 3 nitrogen and oxygen atoms in total. The smallest absolute Gasteiger partial charge is 0.138 e. The van der Waals surface area contributed by atoms with E-state index in [1.54, 1.807) is 0 Å². The first-order valence-electron chi connectivity index (χ1n) is 7.35. The monoisotopic (exact) mass is 270 g/mol. The number of hydrogen-bond acceptors (Lipinski definition) is 3. The van der Waals surface area contributed by atoms with Crippen LogP contribution in [0.4, 0.5) is 0 Å². The highest BCUT2D eigenvalue weighted by Gasteiger charge is 2.30. The molecule has 0 atom stereocenters. The van der Waals surface area contributed by atoms with E-state index < -0.39 is 0 Å². The molecule has 1 N–H and O–H groups in total. The maximum atomic E-state index is 5.19. The average Bonchev–Trinajstić information content (AvgIpc) is 2.70. The highest BCUT2D eigenvalue weighted by atomic mass is 16.5. The van der Waals surface area contributed by atoms with Crippen LogP contribution < -0.4 is 5.32 Å². The number of aryl methyl sites for hydroxylation is 3. The third-order valence-electron chi connectivity index (χ3n) is 4.44. The summed E-state index contributed by atoms with van der Waals surface area (Å²) in [5.41, 5.74) is 5.03. The summed E-state index contributed by atoms with van der Waals surface area (Å²) in [5.74, 6) is 1.65. The van der Waals surface area contributed by atoms with Crippen molar-refractivity contribution < 1.29 is 4.52 Å². The molecule has 0 bridgehead atoms. The minimum atomic E-state index is 0.620. The molecule has 0 amide bonds. The average molecular weight is 270 g/mol. The highest BCUT2D eigenvalue weighted by Crippen LogP contribution is 2.37. The fraction of sp³-hybridized carbons (Fsp3) is 0.471. The first kappa shape index (κ1) is 13.4. The Hall–Kier alpha value is -1.61. The minimum absolute atomic E-state index is 0.620. The second kappa shape index (κ2) is 5.41. The lowest BCUT2D eigenvalue weighted by Gasteiger charge is -2.36. The number of aromatic nitrogens is 1. The summed E-state index contributed by atoms with van der Waals surface area (Å²) in [6, 6.07) is 9.57. The van der Waals surface area contributed by atoms with E-state index in [4.69, 9.17) is 4.52 Å². The van der Waals surface area contributed by atoms with Crippen molar-refractivity contribution in [1.29, 1.82) is 0 Å². The Morgan fingerprint density at radius 2 is 1.85 bits per heavy atom. The van der Waals surface area contributed by atoms with Gasteiger partial charge in [-0.15, -0.1) is 0 Å². The lowest BCUT2D eigenvalue weighted by atomic mass is 9.75. The molecule has 3 heteroatoms. The maximum Gasteiger partial charge on any atom is 0.138 e. The Morgan fingerprint density at radius 1 is 1.15 bits per heavy atom. The van der Waals surface area contributed by atoms with Crippen LogP contribution in [0.3, 0.4) is 0 Å². The highest BCUT2D eigenvalue weighted by molar-refractivity contribution is 5.27. The van der Waals surface area contributed by atoms with Crippen molar-refractivity contribution in [3.63, 3.8) is 0 Å². The Bertz CT molecular complexity index is 560. The van der Waals surface area contributed by atoms with Gasteiger partial charge in [-0.25, -0.2) is 0 Å². The SMILES string of the molecule is Cc1ccc(C2CC(NCc3c(C)noc3C)C2)cc1. The Labute approximate surface area is 120 Å². The fourth-order valence-electron chi connectivity index (χ4n) is 2.90. The lowest BCUT2D eigenvalue weighted by molar-refractivity contribution is 0.289. The van der Waals surface area contributed by atoms with Crippen LogP contribution in [0.2, 0.25) is 0 Å². The van der Waals surface area contributed by atoms with E-state index in [0.717, 1.165) is 23.9 Å². The van der Waals surface area contributed by atoms with Gasteiger partial charge < -0.3 is 9.84 Å². The molecule has 0 spiro atoms. The third-order valence-corrected chi connectivity index (χ3v) is 4.44. The van der Waals surface area contributed by atoms with Crippen molar-refractivity contribution in [2.75, 3.05) is 0 Å². The predicted octanol–water partition coefficient (Wildman–Crippen LogP) is 3.64. The number of benzene rings is 1. The van der Waals surface area contributed by atoms with E-state index in [2.05, 4.69) is 41.7 Å². The molecular weight excluding hydrogens is 248 g/mol. The Balaban J connectivity index is 1.50. The Kier molecular flexibility index (Phi) is 3.62. The molecule has 3 rings (SSSR count). The van der Waals surface area contributed by atoms with E-state index in [1.807, 2.05) is 13.8 Å². The molecule has 1 heterocycles. The molecule has 0 saturated heterocycles. The molecular formula is C17H22N2O. The third kappa shape index (κ3) is 2.63. The first-order valence-corrected chi connectivity index (χ1v) is 7.35. The lowest BCUT2D eigenvalue weighted by Crippen LogP contribution is -2.39. The molecule has 0 radical (unpaired) electrons. The van der Waals surface area contributed by atoms with Crippen LogP contribution in [0.1, 0.15) is 46.9 Å². The largest absolute Gasteiger partial charge is 0.361 e. The van der Waals surface area contributed by atoms with Gasteiger partial charge >= 0.3 is 0 Å². The van der Waals surface area contributed by atoms with Gasteiger partial charge in [0.05, 0.1) is 5.69 Å². The fourth-order valence-corrected chi connectivity index (χ4v) is 2.90. The first-order chi connectivity index (χ1) is 9.63. The Morgan fingerprint density at radius 3 is 2.45 bits per heavy atom. The maximum absolute atomic E-state index is 5.19. The van der Waals surface area contributed by atoms with Crippen molar-refractivity contribution in [2.24, 2.45) is 0 Å². The summed E-state index contributed by atoms with van der Waals surface area (Å²) >= 11 is 0. The van der Waals surface area contributed by atoms with Gasteiger partial charge in [-0.3, -0.25) is 0 Å². The molecule has 0 unspecified atom stereocenters. The summed E-state index contributed by atoms with van der Waals surface area (Å²) in [5, 5.41) is 7.61. The van der Waals surface area contributed by atoms with Crippen molar-refractivity contribution in [2.45, 2.75) is 52.1 Å². The molecule has 0 aliphatic heterocycles. The van der Waals surface area contributed by atoms with Gasteiger partial charge in [0.2, 0.25) is 0 Å². The van der Waals surface area contributed by atoms with Crippen LogP contribution in [0.25, 0.3) is 0 Å². The second-order valence-corrected chi connectivity index (χ2v) is 5.96. The molecule has 1 aliphatic carbocycles. The predicted molar refractivity (Wildman–Crippen MR) is 79.8 cm³/mol. The van der Waals surface area contributed by atoms with Crippen LogP contribution >= 0.6 is 0 Å². The van der Waals surface area contributed by atoms with E-state index in [1.165, 1.54) is 29.5 Å². The summed E-state index contributed by atoms with van der Waals surface area (Å²) in [4.78, 5) is 0. The molecule has 1 fully saturated rings. The van der Waals surface area contributed by atoms with Gasteiger partial charge in [-0.05, 0) is 45.1 Å². The van der Waals surface area contributed by atoms with Gasteiger partial charge in [0.1, 0.15) is 5.76 Å². The van der Waals surface area contributed by atoms with Gasteiger partial charge in [0.25, 0.3) is 0 Å². The zero-order chi connectivity index (χ0) is 14.1. The molecule has 2 aromatic rings. The molecule has 1 aliphatic rings. The van der Waals surface area contributed by atoms with Crippen LogP contribution in [-0.4, -0.2) is 11.2 Å². The van der Waals surface area contributed by atoms with Crippen LogP contribution in [-0.2, 0) is 6.54 Å². The quantitative estimate of drug-likeness (QED) is 0.921. The van der Waals surface area contributed by atoms with Crippen LogP contribution in [0, 0.1) is 20.8 Å². The summed E-state index contributed by atoms with van der Waals surface area (Å²) in [7, 11) is 0. The van der Waals surface area contributed by atoms with Crippen LogP contribution in [0.5, 0.6) is 0 Å². The summed E-state index contributed by atoms with van der Waals surface area (Å²) in [6.07, 6.45) is 2.46. The molecule has 1 aromatic carbocycles. The number of hydrogen-bond donors (Lipinski definition) is 1. The van der Waals surface area contributed by atoms with Gasteiger partial charge in [0.15, 0.2) is 0 Å². The van der Waals surface area contributed by atoms with Crippen molar-refractivity contribution in [3.8, 4) is 0 Å². The molecule has 1 saturated carbocycles. The summed E-state index contributed by atoms with van der Waals surface area (Å²) in [6.45, 7) is 6.99. The van der Waals surface area contributed by atoms with E-state index in [-0.39, 0.29) is 0 Å². The molecule has 106 valence electrons. The number of nitrogens with zero attached hydrogens (tertiary/aromatic N) is 1. The van der Waals surface area contributed by atoms with E-state index in [0.29, 0.717) is 6.04 Å². The van der Waals surface area contributed by atoms with Crippen molar-refractivity contribution in [3.05, 3.63) is 52.4 Å². The number of rotatable bonds is 4. The molecule has 20 heavy (non-hydrogen) atoms. The van der Waals surface area contributed by atoms with Crippen molar-refractivity contribution in [1.82, 2.24) is 10.5 Å². The second-order valence-electron chi connectivity index (χ2n) is 5.96. The van der Waals surface area contributed by atoms with E-state index in [9.17, 15) is 0 Å². The van der Waals surface area contributed by atoms with Gasteiger partial charge in [-0.2, -0.15) is 0 Å². The van der Waals surface area contributed by atoms with Crippen molar-refractivity contribution >= 4 is 0 Å².